The highest BCUT2D eigenvalue weighted by Gasteiger charge is 2.10. The van der Waals surface area contributed by atoms with Gasteiger partial charge in [0.05, 0.1) is 6.34 Å². The predicted octanol–water partition coefficient (Wildman–Crippen LogP) is -0.0399. The maximum Gasteiger partial charge on any atom is 0.0847 e. The van der Waals surface area contributed by atoms with Gasteiger partial charge in [0.2, 0.25) is 0 Å². The second-order valence-electron chi connectivity index (χ2n) is 1.41. The zero-order chi connectivity index (χ0) is 4.41. The van der Waals surface area contributed by atoms with Crippen molar-refractivity contribution in [1.29, 1.82) is 0 Å². The van der Waals surface area contributed by atoms with Crippen LogP contribution in [0.15, 0.2) is 4.99 Å². The molecule has 0 N–H and O–H groups in total. The number of rotatable bonds is 1. The number of hydrogen-bond acceptors (Lipinski definition) is 1. The molecule has 0 aromatic heterocycles. The molecule has 0 atom stereocenters. The fraction of sp³-hybridized carbons (Fsp3) is 0.750. The van der Waals surface area contributed by atoms with Gasteiger partial charge >= 0.3 is 0 Å². The molecule has 1 fully saturated rings. The summed E-state index contributed by atoms with van der Waals surface area (Å²) in [5.74, 6) is 0. The molecule has 2 heteroatoms. The standard InChI is InChI=1S/C4H8N2/c1-5-4-6-2-3-6/h4H,2-3H2,1H3/b5-4+. The van der Waals surface area contributed by atoms with Crippen LogP contribution in [-0.2, 0) is 0 Å². The van der Waals surface area contributed by atoms with Gasteiger partial charge < -0.3 is 4.90 Å². The Morgan fingerprint density at radius 2 is 2.33 bits per heavy atom. The molecule has 1 heterocycles. The minimum Gasteiger partial charge on any atom is -0.359 e. The summed E-state index contributed by atoms with van der Waals surface area (Å²) in [6.45, 7) is 2.41. The molecule has 0 amide bonds. The second-order valence-corrected chi connectivity index (χ2v) is 1.41. The lowest BCUT2D eigenvalue weighted by molar-refractivity contribution is 0.871. The Morgan fingerprint density at radius 1 is 1.67 bits per heavy atom. The van der Waals surface area contributed by atoms with Crippen molar-refractivity contribution in [3.05, 3.63) is 0 Å². The van der Waals surface area contributed by atoms with E-state index in [-0.39, 0.29) is 0 Å². The fourth-order valence-electron chi connectivity index (χ4n) is 0.337. The van der Waals surface area contributed by atoms with E-state index in [2.05, 4.69) is 9.89 Å². The Hall–Kier alpha value is -0.530. The van der Waals surface area contributed by atoms with Crippen molar-refractivity contribution in [1.82, 2.24) is 4.90 Å². The molecule has 6 heavy (non-hydrogen) atoms. The van der Waals surface area contributed by atoms with Crippen molar-refractivity contribution in [2.24, 2.45) is 4.99 Å². The maximum absolute atomic E-state index is 3.80. The van der Waals surface area contributed by atoms with Crippen LogP contribution in [0.5, 0.6) is 0 Å². The quantitative estimate of drug-likeness (QED) is 0.247. The van der Waals surface area contributed by atoms with Crippen LogP contribution >= 0.6 is 0 Å². The molecule has 0 aromatic carbocycles. The van der Waals surface area contributed by atoms with E-state index in [1.54, 1.807) is 7.05 Å². The first-order chi connectivity index (χ1) is 2.93. The van der Waals surface area contributed by atoms with Crippen LogP contribution in [-0.4, -0.2) is 31.4 Å². The molecule has 0 aromatic rings. The van der Waals surface area contributed by atoms with E-state index in [9.17, 15) is 0 Å². The first-order valence-corrected chi connectivity index (χ1v) is 2.10. The maximum atomic E-state index is 3.80. The molecule has 1 saturated heterocycles. The smallest absolute Gasteiger partial charge is 0.0847 e. The van der Waals surface area contributed by atoms with Crippen LogP contribution in [0.1, 0.15) is 0 Å². The van der Waals surface area contributed by atoms with Gasteiger partial charge in [-0.1, -0.05) is 0 Å². The van der Waals surface area contributed by atoms with E-state index in [1.807, 2.05) is 6.34 Å². The largest absolute Gasteiger partial charge is 0.359 e. The second kappa shape index (κ2) is 1.29. The van der Waals surface area contributed by atoms with E-state index < -0.39 is 0 Å². The molecule has 1 rings (SSSR count). The molecular weight excluding hydrogens is 76.1 g/mol. The number of nitrogens with zero attached hydrogens (tertiary/aromatic N) is 2. The summed E-state index contributed by atoms with van der Waals surface area (Å²) in [5, 5.41) is 0. The Morgan fingerprint density at radius 3 is 2.50 bits per heavy atom. The highest BCUT2D eigenvalue weighted by Crippen LogP contribution is 1.95. The molecule has 1 aliphatic heterocycles. The lowest BCUT2D eigenvalue weighted by Gasteiger charge is -1.80. The normalized spacial score (nSPS) is 19.8. The Balaban J connectivity index is 2.15. The van der Waals surface area contributed by atoms with Crippen LogP contribution in [0.3, 0.4) is 0 Å². The van der Waals surface area contributed by atoms with Crippen molar-refractivity contribution in [3.63, 3.8) is 0 Å². The first kappa shape index (κ1) is 3.65. The molecule has 2 nitrogen and oxygen atoms in total. The average molecular weight is 84.1 g/mol. The molecule has 34 valence electrons. The summed E-state index contributed by atoms with van der Waals surface area (Å²) in [7, 11) is 1.79. The minimum absolute atomic E-state index is 1.21. The van der Waals surface area contributed by atoms with Gasteiger partial charge in [0, 0.05) is 20.1 Å². The van der Waals surface area contributed by atoms with Crippen molar-refractivity contribution in [3.8, 4) is 0 Å². The van der Waals surface area contributed by atoms with Crippen LogP contribution < -0.4 is 0 Å². The van der Waals surface area contributed by atoms with E-state index >= 15 is 0 Å². The van der Waals surface area contributed by atoms with Gasteiger partial charge in [-0.3, -0.25) is 4.99 Å². The monoisotopic (exact) mass is 84.1 g/mol. The lowest BCUT2D eigenvalue weighted by Crippen LogP contribution is -1.87. The summed E-state index contributed by atoms with van der Waals surface area (Å²) in [6.07, 6.45) is 1.86. The Kier molecular flexibility index (Phi) is 0.783. The predicted molar refractivity (Wildman–Crippen MR) is 26.0 cm³/mol. The van der Waals surface area contributed by atoms with Gasteiger partial charge in [-0.25, -0.2) is 0 Å². The van der Waals surface area contributed by atoms with Crippen molar-refractivity contribution < 1.29 is 0 Å². The van der Waals surface area contributed by atoms with Crippen LogP contribution in [0.4, 0.5) is 0 Å². The zero-order valence-electron chi connectivity index (χ0n) is 3.89. The zero-order valence-corrected chi connectivity index (χ0v) is 3.89. The fourth-order valence-corrected chi connectivity index (χ4v) is 0.337. The van der Waals surface area contributed by atoms with Crippen LogP contribution in [0.25, 0.3) is 0 Å². The molecule has 0 radical (unpaired) electrons. The van der Waals surface area contributed by atoms with Crippen molar-refractivity contribution in [2.45, 2.75) is 0 Å². The van der Waals surface area contributed by atoms with E-state index in [1.165, 1.54) is 13.1 Å². The molecule has 0 bridgehead atoms. The summed E-state index contributed by atoms with van der Waals surface area (Å²) < 4.78 is 0. The number of hydrogen-bond donors (Lipinski definition) is 0. The molecule has 1 aliphatic rings. The van der Waals surface area contributed by atoms with Crippen LogP contribution in [0.2, 0.25) is 0 Å². The van der Waals surface area contributed by atoms with E-state index in [0.717, 1.165) is 0 Å². The third kappa shape index (κ3) is 0.708. The van der Waals surface area contributed by atoms with Crippen molar-refractivity contribution in [2.75, 3.05) is 20.1 Å². The van der Waals surface area contributed by atoms with Gasteiger partial charge in [-0.15, -0.1) is 0 Å². The molecule has 0 spiro atoms. The Bertz CT molecular complexity index is 63.9. The molecule has 0 saturated carbocycles. The van der Waals surface area contributed by atoms with E-state index in [4.69, 9.17) is 0 Å². The first-order valence-electron chi connectivity index (χ1n) is 2.10. The summed E-state index contributed by atoms with van der Waals surface area (Å²) >= 11 is 0. The van der Waals surface area contributed by atoms with Gasteiger partial charge in [-0.05, 0) is 0 Å². The lowest BCUT2D eigenvalue weighted by atomic mass is 11.0. The minimum atomic E-state index is 1.21. The van der Waals surface area contributed by atoms with Gasteiger partial charge in [0.15, 0.2) is 0 Å². The van der Waals surface area contributed by atoms with Crippen molar-refractivity contribution >= 4 is 6.34 Å². The summed E-state index contributed by atoms with van der Waals surface area (Å²) in [6, 6.07) is 0. The molecule has 0 unspecified atom stereocenters. The summed E-state index contributed by atoms with van der Waals surface area (Å²) in [5.41, 5.74) is 0. The molecular formula is C4H8N2. The van der Waals surface area contributed by atoms with E-state index in [0.29, 0.717) is 0 Å². The topological polar surface area (TPSA) is 15.4 Å². The third-order valence-electron chi connectivity index (χ3n) is 0.761. The Labute approximate surface area is 37.5 Å². The van der Waals surface area contributed by atoms with Gasteiger partial charge in [0.1, 0.15) is 0 Å². The number of aliphatic imine (C=N–C) groups is 1. The highest BCUT2D eigenvalue weighted by molar-refractivity contribution is 5.57. The SMILES string of the molecule is C/N=C/N1CC1. The summed E-state index contributed by atoms with van der Waals surface area (Å²) in [4.78, 5) is 5.94. The van der Waals surface area contributed by atoms with Gasteiger partial charge in [-0.2, -0.15) is 0 Å². The highest BCUT2D eigenvalue weighted by atomic mass is 15.3. The third-order valence-corrected chi connectivity index (χ3v) is 0.761. The average Bonchev–Trinajstić information content (AvgIpc) is 2.21. The molecule has 0 aliphatic carbocycles. The van der Waals surface area contributed by atoms with Crippen LogP contribution in [0, 0.1) is 0 Å². The van der Waals surface area contributed by atoms with Gasteiger partial charge in [0.25, 0.3) is 0 Å².